The minimum atomic E-state index is -0.0326. The summed E-state index contributed by atoms with van der Waals surface area (Å²) in [5.41, 5.74) is 0.821. The second-order valence-electron chi connectivity index (χ2n) is 6.33. The highest BCUT2D eigenvalue weighted by Crippen LogP contribution is 2.44. The summed E-state index contributed by atoms with van der Waals surface area (Å²) >= 11 is 0. The first kappa shape index (κ1) is 14.2. The first-order chi connectivity index (χ1) is 11.3. The Morgan fingerprint density at radius 3 is 2.48 bits per heavy atom. The molecule has 0 saturated heterocycles. The van der Waals surface area contributed by atoms with E-state index >= 15 is 0 Å². The molecule has 1 heterocycles. The molecule has 0 aliphatic heterocycles. The van der Waals surface area contributed by atoms with Crippen LogP contribution in [0.15, 0.2) is 35.1 Å². The molecule has 2 aromatic rings. The van der Waals surface area contributed by atoms with Gasteiger partial charge in [-0.3, -0.25) is 4.79 Å². The lowest BCUT2D eigenvalue weighted by atomic mass is 10.1. The smallest absolute Gasteiger partial charge is 0.258 e. The number of aromatic nitrogens is 2. The number of benzene rings is 1. The standard InChI is InChI=1S/C17H19N3O3/c21-15(19-16(11-1-2-11)12-3-4-12)9-22-14-7-5-13(6-8-14)17-20-18-10-23-17/h5-8,10-12,16H,1-4,9H2,(H,19,21). The van der Waals surface area contributed by atoms with Gasteiger partial charge in [0.2, 0.25) is 12.3 Å². The van der Waals surface area contributed by atoms with Gasteiger partial charge in [-0.2, -0.15) is 0 Å². The van der Waals surface area contributed by atoms with Crippen LogP contribution in [0.2, 0.25) is 0 Å². The first-order valence-electron chi connectivity index (χ1n) is 8.08. The number of carbonyl (C=O) groups is 1. The van der Waals surface area contributed by atoms with E-state index in [1.54, 1.807) is 12.1 Å². The lowest BCUT2D eigenvalue weighted by Gasteiger charge is -2.17. The predicted octanol–water partition coefficient (Wildman–Crippen LogP) is 2.42. The Balaban J connectivity index is 1.29. The van der Waals surface area contributed by atoms with Crippen LogP contribution in [0, 0.1) is 11.8 Å². The second-order valence-corrected chi connectivity index (χ2v) is 6.33. The molecule has 2 aliphatic rings. The molecule has 1 aromatic carbocycles. The van der Waals surface area contributed by atoms with Crippen molar-refractivity contribution >= 4 is 5.91 Å². The molecule has 0 bridgehead atoms. The zero-order valence-electron chi connectivity index (χ0n) is 12.8. The van der Waals surface area contributed by atoms with Crippen LogP contribution in [0.4, 0.5) is 0 Å². The van der Waals surface area contributed by atoms with Crippen molar-refractivity contribution in [2.75, 3.05) is 6.61 Å². The van der Waals surface area contributed by atoms with Crippen molar-refractivity contribution in [3.8, 4) is 17.2 Å². The number of amides is 1. The van der Waals surface area contributed by atoms with E-state index in [4.69, 9.17) is 9.15 Å². The molecule has 1 N–H and O–H groups in total. The molecular weight excluding hydrogens is 294 g/mol. The van der Waals surface area contributed by atoms with Gasteiger partial charge >= 0.3 is 0 Å². The summed E-state index contributed by atoms with van der Waals surface area (Å²) in [4.78, 5) is 12.1. The SMILES string of the molecule is O=C(COc1ccc(-c2nnco2)cc1)NC(C1CC1)C1CC1. The van der Waals surface area contributed by atoms with Crippen LogP contribution < -0.4 is 10.1 Å². The minimum Gasteiger partial charge on any atom is -0.484 e. The Morgan fingerprint density at radius 2 is 1.91 bits per heavy atom. The maximum Gasteiger partial charge on any atom is 0.258 e. The van der Waals surface area contributed by atoms with E-state index in [9.17, 15) is 4.79 Å². The van der Waals surface area contributed by atoms with Gasteiger partial charge in [-0.05, 0) is 61.8 Å². The molecule has 0 unspecified atom stereocenters. The lowest BCUT2D eigenvalue weighted by Crippen LogP contribution is -2.40. The number of ether oxygens (including phenoxy) is 1. The largest absolute Gasteiger partial charge is 0.484 e. The van der Waals surface area contributed by atoms with Crippen LogP contribution in [-0.4, -0.2) is 28.8 Å². The van der Waals surface area contributed by atoms with Crippen LogP contribution in [0.3, 0.4) is 0 Å². The average molecular weight is 313 g/mol. The topological polar surface area (TPSA) is 77.2 Å². The van der Waals surface area contributed by atoms with E-state index in [-0.39, 0.29) is 12.5 Å². The number of carbonyl (C=O) groups excluding carboxylic acids is 1. The summed E-state index contributed by atoms with van der Waals surface area (Å²) in [5.74, 6) is 2.47. The van der Waals surface area contributed by atoms with E-state index in [0.717, 1.165) is 5.56 Å². The highest BCUT2D eigenvalue weighted by atomic mass is 16.5. The van der Waals surface area contributed by atoms with Gasteiger partial charge in [0.15, 0.2) is 6.61 Å². The molecule has 1 amide bonds. The zero-order valence-corrected chi connectivity index (χ0v) is 12.8. The third-order valence-electron chi connectivity index (χ3n) is 4.42. The fourth-order valence-corrected chi connectivity index (χ4v) is 2.90. The van der Waals surface area contributed by atoms with Gasteiger partial charge in [0.1, 0.15) is 5.75 Å². The molecule has 0 atom stereocenters. The van der Waals surface area contributed by atoms with Crippen molar-refractivity contribution in [2.45, 2.75) is 31.7 Å². The van der Waals surface area contributed by atoms with Crippen molar-refractivity contribution < 1.29 is 13.9 Å². The molecule has 120 valence electrons. The van der Waals surface area contributed by atoms with E-state index in [0.29, 0.717) is 29.5 Å². The third kappa shape index (κ3) is 3.52. The normalized spacial score (nSPS) is 17.3. The summed E-state index contributed by atoms with van der Waals surface area (Å²) in [6.07, 6.45) is 6.29. The molecule has 1 aromatic heterocycles. The maximum atomic E-state index is 12.1. The fraction of sp³-hybridized carbons (Fsp3) is 0.471. The van der Waals surface area contributed by atoms with Gasteiger partial charge in [0, 0.05) is 11.6 Å². The Morgan fingerprint density at radius 1 is 1.22 bits per heavy atom. The van der Waals surface area contributed by atoms with Crippen LogP contribution in [0.5, 0.6) is 5.75 Å². The quantitative estimate of drug-likeness (QED) is 0.849. The molecule has 6 nitrogen and oxygen atoms in total. The number of rotatable bonds is 7. The molecule has 0 spiro atoms. The van der Waals surface area contributed by atoms with Crippen LogP contribution in [-0.2, 0) is 4.79 Å². The molecular formula is C17H19N3O3. The van der Waals surface area contributed by atoms with Crippen molar-refractivity contribution in [1.29, 1.82) is 0 Å². The van der Waals surface area contributed by atoms with Gasteiger partial charge in [-0.15, -0.1) is 10.2 Å². The van der Waals surface area contributed by atoms with Gasteiger partial charge < -0.3 is 14.5 Å². The Bertz CT molecular complexity index is 649. The first-order valence-corrected chi connectivity index (χ1v) is 8.08. The molecule has 23 heavy (non-hydrogen) atoms. The monoisotopic (exact) mass is 313 g/mol. The van der Waals surface area contributed by atoms with Crippen molar-refractivity contribution in [3.63, 3.8) is 0 Å². The van der Waals surface area contributed by atoms with E-state index in [1.807, 2.05) is 12.1 Å². The van der Waals surface area contributed by atoms with Gasteiger partial charge in [-0.25, -0.2) is 0 Å². The van der Waals surface area contributed by atoms with Gasteiger partial charge in [-0.1, -0.05) is 0 Å². The average Bonchev–Trinajstić information content (AvgIpc) is 3.51. The maximum absolute atomic E-state index is 12.1. The highest BCUT2D eigenvalue weighted by molar-refractivity contribution is 5.78. The highest BCUT2D eigenvalue weighted by Gasteiger charge is 2.42. The second kappa shape index (κ2) is 6.02. The summed E-state index contributed by atoms with van der Waals surface area (Å²) in [6, 6.07) is 7.62. The zero-order chi connectivity index (χ0) is 15.6. The number of hydrogen-bond acceptors (Lipinski definition) is 5. The number of nitrogens with one attached hydrogen (secondary N) is 1. The Hall–Kier alpha value is -2.37. The lowest BCUT2D eigenvalue weighted by molar-refractivity contribution is -0.124. The summed E-state index contributed by atoms with van der Waals surface area (Å²) in [6.45, 7) is 0.0514. The van der Waals surface area contributed by atoms with Crippen LogP contribution in [0.25, 0.3) is 11.5 Å². The molecule has 0 radical (unpaired) electrons. The van der Waals surface area contributed by atoms with Crippen LogP contribution >= 0.6 is 0 Å². The molecule has 2 fully saturated rings. The Labute approximate surface area is 134 Å². The summed E-state index contributed by atoms with van der Waals surface area (Å²) < 4.78 is 10.7. The number of hydrogen-bond donors (Lipinski definition) is 1. The predicted molar refractivity (Wildman–Crippen MR) is 82.6 cm³/mol. The third-order valence-corrected chi connectivity index (χ3v) is 4.42. The molecule has 2 saturated carbocycles. The molecule has 4 rings (SSSR count). The summed E-state index contributed by atoms with van der Waals surface area (Å²) in [7, 11) is 0. The minimum absolute atomic E-state index is 0.0326. The van der Waals surface area contributed by atoms with Crippen molar-refractivity contribution in [1.82, 2.24) is 15.5 Å². The van der Waals surface area contributed by atoms with Gasteiger partial charge in [0.05, 0.1) is 0 Å². The van der Waals surface area contributed by atoms with Gasteiger partial charge in [0.25, 0.3) is 5.91 Å². The van der Waals surface area contributed by atoms with E-state index in [2.05, 4.69) is 15.5 Å². The van der Waals surface area contributed by atoms with Crippen molar-refractivity contribution in [3.05, 3.63) is 30.7 Å². The fourth-order valence-electron chi connectivity index (χ4n) is 2.90. The van der Waals surface area contributed by atoms with E-state index in [1.165, 1.54) is 32.1 Å². The van der Waals surface area contributed by atoms with Crippen molar-refractivity contribution in [2.24, 2.45) is 11.8 Å². The molecule has 2 aliphatic carbocycles. The van der Waals surface area contributed by atoms with E-state index < -0.39 is 0 Å². The number of nitrogens with zero attached hydrogens (tertiary/aromatic N) is 2. The molecule has 6 heteroatoms. The Kier molecular flexibility index (Phi) is 3.73. The van der Waals surface area contributed by atoms with Crippen LogP contribution in [0.1, 0.15) is 25.7 Å². The summed E-state index contributed by atoms with van der Waals surface area (Å²) in [5, 5.41) is 10.6.